The summed E-state index contributed by atoms with van der Waals surface area (Å²) >= 11 is 0. The molecule has 0 aliphatic carbocycles. The maximum Gasteiger partial charge on any atom is 0.680 e. The van der Waals surface area contributed by atoms with Crippen molar-refractivity contribution in [1.29, 1.82) is 0 Å². The molecule has 9 heteroatoms. The molecule has 0 saturated heterocycles. The Labute approximate surface area is 157 Å². The van der Waals surface area contributed by atoms with Crippen LogP contribution in [-0.2, 0) is 31.0 Å². The molecule has 0 atom stereocenters. The second-order valence-electron chi connectivity index (χ2n) is 6.64. The van der Waals surface area contributed by atoms with Gasteiger partial charge < -0.3 is 31.0 Å². The Hall–Kier alpha value is 0.154. The van der Waals surface area contributed by atoms with E-state index in [0.717, 1.165) is 0 Å². The van der Waals surface area contributed by atoms with Crippen LogP contribution in [0.3, 0.4) is 0 Å². The standard InChI is InChI=1S/C12H28O4Si.C4H12O3Si/c1-9(2)13-17(14-10(3)4,15-11(5)6)16-12(7)8;1-5-8(4,6-2)7-3/h9-12H,1-8H3;1-4H3. The van der Waals surface area contributed by atoms with Crippen molar-refractivity contribution in [3.05, 3.63) is 0 Å². The summed E-state index contributed by atoms with van der Waals surface area (Å²) in [6, 6.07) is 0. The molecule has 0 unspecified atom stereocenters. The molecular weight excluding hydrogens is 360 g/mol. The highest BCUT2D eigenvalue weighted by Gasteiger charge is 2.49. The van der Waals surface area contributed by atoms with Gasteiger partial charge in [0.25, 0.3) is 0 Å². The predicted molar refractivity (Wildman–Crippen MR) is 103 cm³/mol. The highest BCUT2D eigenvalue weighted by Crippen LogP contribution is 2.20. The van der Waals surface area contributed by atoms with Gasteiger partial charge in [0.15, 0.2) is 0 Å². The van der Waals surface area contributed by atoms with Gasteiger partial charge in [0.2, 0.25) is 0 Å². The lowest BCUT2D eigenvalue weighted by Gasteiger charge is -2.33. The second-order valence-corrected chi connectivity index (χ2v) is 11.5. The smallest absolute Gasteiger partial charge is 0.377 e. The third-order valence-electron chi connectivity index (χ3n) is 2.63. The van der Waals surface area contributed by atoms with Gasteiger partial charge in [-0.05, 0) is 55.4 Å². The van der Waals surface area contributed by atoms with Crippen molar-refractivity contribution < 1.29 is 31.0 Å². The molecule has 25 heavy (non-hydrogen) atoms. The van der Waals surface area contributed by atoms with Crippen LogP contribution in [0.1, 0.15) is 55.4 Å². The van der Waals surface area contributed by atoms with E-state index in [0.29, 0.717) is 0 Å². The van der Waals surface area contributed by atoms with Gasteiger partial charge >= 0.3 is 17.9 Å². The molecule has 0 radical (unpaired) electrons. The number of rotatable bonds is 11. The molecule has 0 saturated carbocycles. The van der Waals surface area contributed by atoms with Crippen molar-refractivity contribution in [2.45, 2.75) is 86.4 Å². The summed E-state index contributed by atoms with van der Waals surface area (Å²) < 4.78 is 38.2. The lowest BCUT2D eigenvalue weighted by molar-refractivity contribution is -0.0858. The van der Waals surface area contributed by atoms with E-state index < -0.39 is 17.9 Å². The van der Waals surface area contributed by atoms with Gasteiger partial charge in [0.05, 0.1) is 0 Å². The summed E-state index contributed by atoms with van der Waals surface area (Å²) in [7, 11) is -0.471. The summed E-state index contributed by atoms with van der Waals surface area (Å²) in [5, 5.41) is 0. The monoisotopic (exact) mass is 400 g/mol. The van der Waals surface area contributed by atoms with Gasteiger partial charge in [-0.2, -0.15) is 0 Å². The molecule has 0 rings (SSSR count). The maximum absolute atomic E-state index is 5.84. The third-order valence-corrected chi connectivity index (χ3v) is 7.90. The average molecular weight is 401 g/mol. The zero-order valence-electron chi connectivity index (χ0n) is 18.2. The van der Waals surface area contributed by atoms with Crippen LogP contribution < -0.4 is 0 Å². The van der Waals surface area contributed by atoms with Crippen LogP contribution in [0.2, 0.25) is 6.55 Å². The number of hydrogen-bond acceptors (Lipinski definition) is 7. The summed E-state index contributed by atoms with van der Waals surface area (Å²) in [6.07, 6.45) is 0.0478. The normalized spacial score (nSPS) is 13.0. The minimum atomic E-state index is -3.05. The minimum absolute atomic E-state index is 0.0120. The van der Waals surface area contributed by atoms with Crippen LogP contribution in [0.5, 0.6) is 0 Å². The van der Waals surface area contributed by atoms with E-state index in [1.807, 2.05) is 61.9 Å². The summed E-state index contributed by atoms with van der Waals surface area (Å²) in [5.74, 6) is 0. The van der Waals surface area contributed by atoms with Crippen molar-refractivity contribution in [2.75, 3.05) is 21.3 Å². The van der Waals surface area contributed by atoms with Crippen molar-refractivity contribution in [3.8, 4) is 0 Å². The lowest BCUT2D eigenvalue weighted by atomic mass is 10.5. The first-order valence-corrected chi connectivity index (χ1v) is 12.6. The number of hydrogen-bond donors (Lipinski definition) is 0. The molecule has 0 aromatic rings. The largest absolute Gasteiger partial charge is 0.680 e. The van der Waals surface area contributed by atoms with Gasteiger partial charge in [0, 0.05) is 52.3 Å². The van der Waals surface area contributed by atoms with E-state index in [1.165, 1.54) is 0 Å². The SMILES string of the molecule is CC(C)O[Si](OC(C)C)(OC(C)C)OC(C)C.CO[Si](C)(OC)OC. The fourth-order valence-electron chi connectivity index (χ4n) is 1.57. The molecule has 0 aliphatic rings. The topological polar surface area (TPSA) is 64.6 Å². The fourth-order valence-corrected chi connectivity index (χ4v) is 4.71. The van der Waals surface area contributed by atoms with Gasteiger partial charge in [-0.15, -0.1) is 0 Å². The van der Waals surface area contributed by atoms with E-state index in [9.17, 15) is 0 Å². The molecule has 0 spiro atoms. The third kappa shape index (κ3) is 13.9. The molecule has 0 heterocycles. The Morgan fingerprint density at radius 1 is 0.480 bits per heavy atom. The highest BCUT2D eigenvalue weighted by molar-refractivity contribution is 6.58. The first-order valence-electron chi connectivity index (χ1n) is 8.72. The molecule has 154 valence electrons. The predicted octanol–water partition coefficient (Wildman–Crippen LogP) is 3.62. The lowest BCUT2D eigenvalue weighted by Crippen LogP contribution is -2.54. The van der Waals surface area contributed by atoms with Crippen molar-refractivity contribution >= 4 is 17.9 Å². The van der Waals surface area contributed by atoms with Crippen LogP contribution in [0.4, 0.5) is 0 Å². The molecule has 0 N–H and O–H groups in total. The van der Waals surface area contributed by atoms with Crippen molar-refractivity contribution in [1.82, 2.24) is 0 Å². The maximum atomic E-state index is 5.84. The van der Waals surface area contributed by atoms with Crippen LogP contribution >= 0.6 is 0 Å². The van der Waals surface area contributed by atoms with Crippen LogP contribution in [0.25, 0.3) is 0 Å². The highest BCUT2D eigenvalue weighted by atomic mass is 28.4. The second kappa shape index (κ2) is 13.3. The molecule has 0 bridgehead atoms. The van der Waals surface area contributed by atoms with Gasteiger partial charge in [-0.25, -0.2) is 0 Å². The van der Waals surface area contributed by atoms with Crippen LogP contribution in [-0.4, -0.2) is 63.6 Å². The molecule has 7 nitrogen and oxygen atoms in total. The summed E-state index contributed by atoms with van der Waals surface area (Å²) in [6.45, 7) is 17.5. The molecular formula is C16H40O7Si2. The molecule has 0 aromatic heterocycles. The van der Waals surface area contributed by atoms with Gasteiger partial charge in [-0.3, -0.25) is 0 Å². The van der Waals surface area contributed by atoms with E-state index in [-0.39, 0.29) is 24.4 Å². The van der Waals surface area contributed by atoms with Crippen molar-refractivity contribution in [3.63, 3.8) is 0 Å². The van der Waals surface area contributed by atoms with Crippen molar-refractivity contribution in [2.24, 2.45) is 0 Å². The Morgan fingerprint density at radius 2 is 0.680 bits per heavy atom. The fraction of sp³-hybridized carbons (Fsp3) is 1.00. The summed E-state index contributed by atoms with van der Waals surface area (Å²) in [4.78, 5) is 0. The minimum Gasteiger partial charge on any atom is -0.377 e. The van der Waals surface area contributed by atoms with E-state index >= 15 is 0 Å². The van der Waals surface area contributed by atoms with Crippen LogP contribution in [0.15, 0.2) is 0 Å². The Morgan fingerprint density at radius 3 is 0.760 bits per heavy atom. The average Bonchev–Trinajstić information content (AvgIpc) is 2.43. The first-order chi connectivity index (χ1) is 11.3. The van der Waals surface area contributed by atoms with E-state index in [2.05, 4.69) is 0 Å². The van der Waals surface area contributed by atoms with E-state index in [4.69, 9.17) is 31.0 Å². The quantitative estimate of drug-likeness (QED) is 0.491. The Balaban J connectivity index is 0. The molecule has 0 amide bonds. The Bertz CT molecular complexity index is 268. The zero-order valence-corrected chi connectivity index (χ0v) is 20.2. The van der Waals surface area contributed by atoms with Crippen LogP contribution in [0, 0.1) is 0 Å². The molecule has 0 fully saturated rings. The summed E-state index contributed by atoms with van der Waals surface area (Å²) in [5.41, 5.74) is 0. The van der Waals surface area contributed by atoms with Gasteiger partial charge in [-0.1, -0.05) is 0 Å². The first kappa shape index (κ1) is 27.4. The molecule has 0 aliphatic heterocycles. The molecule has 0 aromatic carbocycles. The Kier molecular flexibility index (Phi) is 14.6. The van der Waals surface area contributed by atoms with E-state index in [1.54, 1.807) is 21.3 Å². The zero-order chi connectivity index (χ0) is 20.3. The van der Waals surface area contributed by atoms with Gasteiger partial charge in [0.1, 0.15) is 0 Å².